The number of fused-ring (bicyclic) bond motifs is 1. The molecule has 0 saturated carbocycles. The first-order valence-electron chi connectivity index (χ1n) is 8.22. The van der Waals surface area contributed by atoms with Crippen LogP contribution in [-0.4, -0.2) is 38.7 Å². The van der Waals surface area contributed by atoms with Crippen LogP contribution in [0.3, 0.4) is 0 Å². The van der Waals surface area contributed by atoms with Crippen molar-refractivity contribution in [3.63, 3.8) is 0 Å². The average molecular weight is 391 g/mol. The number of hydrogen-bond acceptors (Lipinski definition) is 5. The van der Waals surface area contributed by atoms with Crippen LogP contribution in [0.5, 0.6) is 17.2 Å². The van der Waals surface area contributed by atoms with E-state index in [-0.39, 0.29) is 18.4 Å². The van der Waals surface area contributed by atoms with Crippen molar-refractivity contribution >= 4 is 34.8 Å². The van der Waals surface area contributed by atoms with Crippen LogP contribution in [0.2, 0.25) is 5.02 Å². The zero-order valence-electron chi connectivity index (χ0n) is 15.1. The van der Waals surface area contributed by atoms with Crippen molar-refractivity contribution in [3.8, 4) is 17.2 Å². The molecule has 1 N–H and O–H groups in total. The number of ether oxygens (including phenoxy) is 3. The molecule has 1 aliphatic heterocycles. The summed E-state index contributed by atoms with van der Waals surface area (Å²) in [6.07, 6.45) is -0.693. The molecule has 27 heavy (non-hydrogen) atoms. The van der Waals surface area contributed by atoms with Gasteiger partial charge < -0.3 is 19.5 Å². The van der Waals surface area contributed by atoms with E-state index in [9.17, 15) is 9.59 Å². The summed E-state index contributed by atoms with van der Waals surface area (Å²) in [7, 11) is 3.04. The van der Waals surface area contributed by atoms with Gasteiger partial charge in [0.2, 0.25) is 5.91 Å². The molecule has 142 valence electrons. The number of nitrogens with one attached hydrogen (secondary N) is 1. The molecule has 1 aliphatic rings. The monoisotopic (exact) mass is 390 g/mol. The Balaban J connectivity index is 1.82. The first kappa shape index (κ1) is 18.8. The quantitative estimate of drug-likeness (QED) is 0.848. The van der Waals surface area contributed by atoms with Crippen molar-refractivity contribution in [2.45, 2.75) is 13.0 Å². The highest BCUT2D eigenvalue weighted by atomic mass is 35.5. The molecule has 0 fully saturated rings. The minimum absolute atomic E-state index is 0.185. The van der Waals surface area contributed by atoms with Crippen LogP contribution >= 0.6 is 11.6 Å². The van der Waals surface area contributed by atoms with Crippen LogP contribution in [0.1, 0.15) is 6.92 Å². The van der Waals surface area contributed by atoms with Crippen LogP contribution in [0.25, 0.3) is 0 Å². The highest BCUT2D eigenvalue weighted by Crippen LogP contribution is 2.36. The second-order valence-corrected chi connectivity index (χ2v) is 6.35. The zero-order valence-corrected chi connectivity index (χ0v) is 15.9. The van der Waals surface area contributed by atoms with E-state index in [1.807, 2.05) is 0 Å². The Bertz CT molecular complexity index is 886. The van der Waals surface area contributed by atoms with Crippen molar-refractivity contribution < 1.29 is 23.8 Å². The highest BCUT2D eigenvalue weighted by molar-refractivity contribution is 6.31. The molecule has 2 aromatic carbocycles. The van der Waals surface area contributed by atoms with Gasteiger partial charge in [0.1, 0.15) is 23.8 Å². The van der Waals surface area contributed by atoms with Crippen LogP contribution in [0, 0.1) is 0 Å². The van der Waals surface area contributed by atoms with E-state index in [0.717, 1.165) is 0 Å². The molecule has 1 unspecified atom stereocenters. The maximum Gasteiger partial charge on any atom is 0.268 e. The molecular formula is C19H19ClN2O5. The summed E-state index contributed by atoms with van der Waals surface area (Å²) in [6, 6.07) is 9.98. The first-order valence-corrected chi connectivity index (χ1v) is 8.60. The molecule has 7 nitrogen and oxygen atoms in total. The van der Waals surface area contributed by atoms with Crippen molar-refractivity contribution in [1.82, 2.24) is 0 Å². The Morgan fingerprint density at radius 3 is 2.70 bits per heavy atom. The Labute approximate surface area is 161 Å². The summed E-state index contributed by atoms with van der Waals surface area (Å²) in [5, 5.41) is 3.20. The third kappa shape index (κ3) is 3.93. The number of benzene rings is 2. The van der Waals surface area contributed by atoms with Gasteiger partial charge in [0.25, 0.3) is 5.91 Å². The van der Waals surface area contributed by atoms with Crippen molar-refractivity contribution in [3.05, 3.63) is 41.4 Å². The minimum atomic E-state index is -0.693. The lowest BCUT2D eigenvalue weighted by atomic mass is 10.2. The Morgan fingerprint density at radius 1 is 1.22 bits per heavy atom. The number of rotatable bonds is 5. The lowest BCUT2D eigenvalue weighted by Crippen LogP contribution is -2.47. The summed E-state index contributed by atoms with van der Waals surface area (Å²) in [5.41, 5.74) is 0.936. The fourth-order valence-corrected chi connectivity index (χ4v) is 2.94. The third-order valence-corrected chi connectivity index (χ3v) is 4.35. The van der Waals surface area contributed by atoms with E-state index in [0.29, 0.717) is 33.6 Å². The summed E-state index contributed by atoms with van der Waals surface area (Å²) in [4.78, 5) is 26.5. The molecule has 2 aromatic rings. The SMILES string of the molecule is COc1ccc(NC(=O)CN2C(=O)C(C)Oc3ccc(Cl)cc32)c(OC)c1. The smallest absolute Gasteiger partial charge is 0.268 e. The van der Waals surface area contributed by atoms with Crippen LogP contribution in [-0.2, 0) is 9.59 Å². The molecule has 1 atom stereocenters. The minimum Gasteiger partial charge on any atom is -0.497 e. The fraction of sp³-hybridized carbons (Fsp3) is 0.263. The van der Waals surface area contributed by atoms with Gasteiger partial charge in [0.15, 0.2) is 6.10 Å². The molecule has 3 rings (SSSR count). The van der Waals surface area contributed by atoms with E-state index < -0.39 is 6.10 Å². The van der Waals surface area contributed by atoms with Gasteiger partial charge in [0, 0.05) is 11.1 Å². The zero-order chi connectivity index (χ0) is 19.6. The largest absolute Gasteiger partial charge is 0.497 e. The Morgan fingerprint density at radius 2 is 2.00 bits per heavy atom. The van der Waals surface area contributed by atoms with E-state index in [4.69, 9.17) is 25.8 Å². The summed E-state index contributed by atoms with van der Waals surface area (Å²) in [5.74, 6) is 0.855. The number of carbonyl (C=O) groups is 2. The number of methoxy groups -OCH3 is 2. The number of hydrogen-bond donors (Lipinski definition) is 1. The van der Waals surface area contributed by atoms with E-state index in [2.05, 4.69) is 5.32 Å². The van der Waals surface area contributed by atoms with E-state index in [1.54, 1.807) is 50.4 Å². The molecule has 2 amide bonds. The highest BCUT2D eigenvalue weighted by Gasteiger charge is 2.33. The number of anilines is 2. The van der Waals surface area contributed by atoms with Gasteiger partial charge in [-0.15, -0.1) is 0 Å². The predicted molar refractivity (Wildman–Crippen MR) is 102 cm³/mol. The maximum atomic E-state index is 12.6. The average Bonchev–Trinajstić information content (AvgIpc) is 2.66. The lowest BCUT2D eigenvalue weighted by Gasteiger charge is -2.32. The second kappa shape index (κ2) is 7.75. The van der Waals surface area contributed by atoms with Crippen molar-refractivity contribution in [2.75, 3.05) is 31.0 Å². The van der Waals surface area contributed by atoms with Gasteiger partial charge >= 0.3 is 0 Å². The molecule has 0 aromatic heterocycles. The van der Waals surface area contributed by atoms with E-state index in [1.165, 1.54) is 12.0 Å². The van der Waals surface area contributed by atoms with Gasteiger partial charge in [-0.1, -0.05) is 11.6 Å². The van der Waals surface area contributed by atoms with Crippen molar-refractivity contribution in [1.29, 1.82) is 0 Å². The predicted octanol–water partition coefficient (Wildman–Crippen LogP) is 3.11. The molecule has 0 aliphatic carbocycles. The number of nitrogens with zero attached hydrogens (tertiary/aromatic N) is 1. The standard InChI is InChI=1S/C19H19ClN2O5/c1-11-19(24)22(15-8-12(20)4-7-16(15)27-11)10-18(23)21-14-6-5-13(25-2)9-17(14)26-3/h4-9,11H,10H2,1-3H3,(H,21,23). The molecular weight excluding hydrogens is 372 g/mol. The molecule has 0 radical (unpaired) electrons. The van der Waals surface area contributed by atoms with Gasteiger partial charge in [-0.05, 0) is 37.3 Å². The van der Waals surface area contributed by atoms with Gasteiger partial charge in [-0.2, -0.15) is 0 Å². The second-order valence-electron chi connectivity index (χ2n) is 5.91. The van der Waals surface area contributed by atoms with Crippen LogP contribution in [0.15, 0.2) is 36.4 Å². The Hall–Kier alpha value is -2.93. The third-order valence-electron chi connectivity index (χ3n) is 4.11. The topological polar surface area (TPSA) is 77.1 Å². The summed E-state index contributed by atoms with van der Waals surface area (Å²) in [6.45, 7) is 1.45. The Kier molecular flexibility index (Phi) is 5.41. The van der Waals surface area contributed by atoms with Crippen LogP contribution < -0.4 is 24.4 Å². The summed E-state index contributed by atoms with van der Waals surface area (Å²) >= 11 is 6.04. The maximum absolute atomic E-state index is 12.6. The van der Waals surface area contributed by atoms with E-state index >= 15 is 0 Å². The molecule has 0 saturated heterocycles. The fourth-order valence-electron chi connectivity index (χ4n) is 2.78. The van der Waals surface area contributed by atoms with Gasteiger partial charge in [-0.3, -0.25) is 14.5 Å². The molecule has 8 heteroatoms. The van der Waals surface area contributed by atoms with Gasteiger partial charge in [-0.25, -0.2) is 0 Å². The number of carbonyl (C=O) groups excluding carboxylic acids is 2. The normalized spacial score (nSPS) is 15.6. The molecule has 1 heterocycles. The molecule has 0 bridgehead atoms. The number of halogens is 1. The lowest BCUT2D eigenvalue weighted by molar-refractivity contribution is -0.127. The molecule has 0 spiro atoms. The summed E-state index contributed by atoms with van der Waals surface area (Å²) < 4.78 is 16.0. The number of amides is 2. The van der Waals surface area contributed by atoms with Crippen molar-refractivity contribution in [2.24, 2.45) is 0 Å². The first-order chi connectivity index (χ1) is 12.9. The van der Waals surface area contributed by atoms with Gasteiger partial charge in [0.05, 0.1) is 25.6 Å². The van der Waals surface area contributed by atoms with Crippen LogP contribution in [0.4, 0.5) is 11.4 Å².